The van der Waals surface area contributed by atoms with Crippen LogP contribution in [0.4, 0.5) is 30.5 Å². The number of nitrogens with one attached hydrogen (secondary N) is 2. The van der Waals surface area contributed by atoms with Gasteiger partial charge in [0.05, 0.1) is 9.26 Å². The number of guanidine groups is 1. The molecule has 1 unspecified atom stereocenters. The predicted octanol–water partition coefficient (Wildman–Crippen LogP) is 2.27. The van der Waals surface area contributed by atoms with Crippen LogP contribution >= 0.6 is 22.6 Å². The van der Waals surface area contributed by atoms with E-state index in [2.05, 4.69) is 25.3 Å². The minimum atomic E-state index is -4.97. The van der Waals surface area contributed by atoms with Gasteiger partial charge in [-0.25, -0.2) is 9.98 Å². The van der Waals surface area contributed by atoms with Gasteiger partial charge in [-0.15, -0.1) is 13.2 Å². The maximum Gasteiger partial charge on any atom is 0.573 e. The molecule has 0 saturated heterocycles. The summed E-state index contributed by atoms with van der Waals surface area (Å²) < 4.78 is 42.1. The number of hydrogen-bond donors (Lipinski definition) is 5. The molecule has 1 aliphatic rings. The van der Waals surface area contributed by atoms with Gasteiger partial charge in [-0.05, 0) is 34.7 Å². The van der Waals surface area contributed by atoms with E-state index < -0.39 is 23.9 Å². The monoisotopic (exact) mass is 530 g/mol. The number of phenols is 1. The molecule has 1 atom stereocenters. The molecule has 1 aromatic heterocycles. The number of hydrogen-bond acceptors (Lipinski definition) is 10. The third kappa shape index (κ3) is 3.90. The number of rotatable bonds is 2. The molecule has 14 heteroatoms. The normalized spacial score (nSPS) is 15.1. The van der Waals surface area contributed by atoms with E-state index in [1.165, 1.54) is 0 Å². The van der Waals surface area contributed by atoms with Gasteiger partial charge in [-0.1, -0.05) is 0 Å². The molecule has 2 heterocycles. The Balaban J connectivity index is 2.28. The molecule has 10 nitrogen and oxygen atoms in total. The number of ether oxygens (including phenoxy) is 1. The van der Waals surface area contributed by atoms with E-state index in [0.29, 0.717) is 0 Å². The molecule has 0 bridgehead atoms. The Labute approximate surface area is 180 Å². The second kappa shape index (κ2) is 7.64. The van der Waals surface area contributed by atoms with Gasteiger partial charge in [-0.2, -0.15) is 10.5 Å². The average molecular weight is 530 g/mol. The van der Waals surface area contributed by atoms with Gasteiger partial charge in [0, 0.05) is 11.1 Å². The van der Waals surface area contributed by atoms with Crippen molar-refractivity contribution in [2.24, 2.45) is 4.99 Å². The quantitative estimate of drug-likeness (QED) is 0.221. The number of fused-ring (bicyclic) bond motifs is 1. The van der Waals surface area contributed by atoms with Crippen molar-refractivity contribution in [2.75, 3.05) is 16.8 Å². The number of benzene rings is 1. The van der Waals surface area contributed by atoms with E-state index in [9.17, 15) is 23.5 Å². The molecule has 154 valence electrons. The maximum atomic E-state index is 12.7. The lowest BCUT2D eigenvalue weighted by atomic mass is 9.94. The van der Waals surface area contributed by atoms with Crippen molar-refractivity contribution in [3.05, 3.63) is 32.4 Å². The Kier molecular flexibility index (Phi) is 5.36. The fourth-order valence-electron chi connectivity index (χ4n) is 2.80. The molecule has 2 aromatic rings. The van der Waals surface area contributed by atoms with Crippen LogP contribution in [0.3, 0.4) is 0 Å². The smallest absolute Gasteiger partial charge is 0.506 e. The molecule has 3 rings (SSSR count). The first-order chi connectivity index (χ1) is 14.1. The Morgan fingerprint density at radius 1 is 1.30 bits per heavy atom. The van der Waals surface area contributed by atoms with Gasteiger partial charge in [0.15, 0.2) is 6.19 Å². The number of nitrogen functional groups attached to an aromatic ring is 2. The number of aromatic nitrogens is 1. The highest BCUT2D eigenvalue weighted by Crippen LogP contribution is 2.45. The van der Waals surface area contributed by atoms with Crippen molar-refractivity contribution in [1.29, 1.82) is 10.5 Å². The third-order valence-electron chi connectivity index (χ3n) is 3.95. The van der Waals surface area contributed by atoms with E-state index in [0.717, 1.165) is 12.1 Å². The largest absolute Gasteiger partial charge is 0.573 e. The van der Waals surface area contributed by atoms with E-state index in [1.54, 1.807) is 34.9 Å². The molecule has 1 aromatic carbocycles. The number of nitrogens with two attached hydrogens (primary N) is 2. The molecule has 0 fully saturated rings. The van der Waals surface area contributed by atoms with Crippen molar-refractivity contribution in [3.63, 3.8) is 0 Å². The molecule has 0 radical (unpaired) electrons. The number of phenolic OH excluding ortho intramolecular Hbond substituents is 1. The van der Waals surface area contributed by atoms with Crippen molar-refractivity contribution in [3.8, 4) is 23.8 Å². The van der Waals surface area contributed by atoms with Crippen molar-refractivity contribution < 1.29 is 23.0 Å². The highest BCUT2D eigenvalue weighted by molar-refractivity contribution is 14.1. The Morgan fingerprint density at radius 2 is 2.00 bits per heavy atom. The van der Waals surface area contributed by atoms with E-state index in [-0.39, 0.29) is 43.5 Å². The van der Waals surface area contributed by atoms with E-state index >= 15 is 0 Å². The van der Waals surface area contributed by atoms with Crippen LogP contribution in [0.15, 0.2) is 17.1 Å². The first-order valence-corrected chi connectivity index (χ1v) is 8.90. The molecular weight excluding hydrogens is 520 g/mol. The Morgan fingerprint density at radius 3 is 2.60 bits per heavy atom. The second-order valence-corrected chi connectivity index (χ2v) is 6.95. The number of nitriles is 2. The van der Waals surface area contributed by atoms with Gasteiger partial charge in [0.1, 0.15) is 40.8 Å². The lowest BCUT2D eigenvalue weighted by Gasteiger charge is -2.27. The summed E-state index contributed by atoms with van der Waals surface area (Å²) in [5.41, 5.74) is 11.5. The highest BCUT2D eigenvalue weighted by atomic mass is 127. The molecule has 7 N–H and O–H groups in total. The lowest BCUT2D eigenvalue weighted by molar-refractivity contribution is -0.274. The summed E-state index contributed by atoms with van der Waals surface area (Å²) in [4.78, 5) is 8.22. The van der Waals surface area contributed by atoms with Gasteiger partial charge >= 0.3 is 6.36 Å². The van der Waals surface area contributed by atoms with Crippen LogP contribution < -0.4 is 26.8 Å². The molecule has 0 aliphatic carbocycles. The van der Waals surface area contributed by atoms with Crippen LogP contribution in [0.2, 0.25) is 0 Å². The fourth-order valence-corrected chi connectivity index (χ4v) is 3.42. The standard InChI is InChI=1S/C16H10F3IN8O2/c17-16(18,19)30-5-1-6(12(29)8(20)2-5)11-9-10(23)7(3-21)13(24)27-14(9)28-15(26-11)25-4-22/h1-2,11,29H,(H6,23,24,25,26,27,28). The summed E-state index contributed by atoms with van der Waals surface area (Å²) in [6.07, 6.45) is -3.33. The van der Waals surface area contributed by atoms with Crippen LogP contribution in [0.25, 0.3) is 0 Å². The summed E-state index contributed by atoms with van der Waals surface area (Å²) in [5.74, 6) is -1.31. The molecule has 0 saturated carbocycles. The first kappa shape index (κ1) is 21.1. The zero-order valence-electron chi connectivity index (χ0n) is 14.5. The van der Waals surface area contributed by atoms with Gasteiger partial charge < -0.3 is 26.6 Å². The summed E-state index contributed by atoms with van der Waals surface area (Å²) in [7, 11) is 0. The van der Waals surface area contributed by atoms with Gasteiger partial charge in [0.2, 0.25) is 5.96 Å². The number of halogens is 4. The second-order valence-electron chi connectivity index (χ2n) is 5.79. The summed E-state index contributed by atoms with van der Waals surface area (Å²) in [5, 5.41) is 33.6. The van der Waals surface area contributed by atoms with Crippen molar-refractivity contribution >= 4 is 45.9 Å². The van der Waals surface area contributed by atoms with Gasteiger partial charge in [-0.3, -0.25) is 5.32 Å². The van der Waals surface area contributed by atoms with Crippen LogP contribution in [-0.4, -0.2) is 22.4 Å². The fraction of sp³-hybridized carbons (Fsp3) is 0.125. The average Bonchev–Trinajstić information content (AvgIpc) is 2.63. The topological polar surface area (TPSA) is 178 Å². The Bertz CT molecular complexity index is 1150. The van der Waals surface area contributed by atoms with E-state index in [1.807, 2.05) is 0 Å². The number of nitrogens with zero attached hydrogens (tertiary/aromatic N) is 4. The van der Waals surface area contributed by atoms with Crippen LogP contribution in [0, 0.1) is 26.4 Å². The van der Waals surface area contributed by atoms with Crippen molar-refractivity contribution in [2.45, 2.75) is 12.4 Å². The SMILES string of the molecule is N#CNC1=NC(c2cc(OC(F)(F)F)cc(I)c2O)c2c(nc(N)c(C#N)c2N)N1. The zero-order valence-corrected chi connectivity index (χ0v) is 16.7. The highest BCUT2D eigenvalue weighted by Gasteiger charge is 2.35. The summed E-state index contributed by atoms with van der Waals surface area (Å²) in [6, 6.07) is 2.48. The van der Waals surface area contributed by atoms with Crippen LogP contribution in [-0.2, 0) is 0 Å². The van der Waals surface area contributed by atoms with E-state index in [4.69, 9.17) is 16.7 Å². The summed E-state index contributed by atoms with van der Waals surface area (Å²) >= 11 is 1.62. The number of aromatic hydroxyl groups is 1. The van der Waals surface area contributed by atoms with Crippen molar-refractivity contribution in [1.82, 2.24) is 10.3 Å². The van der Waals surface area contributed by atoms with Gasteiger partial charge in [0.25, 0.3) is 0 Å². The molecule has 30 heavy (non-hydrogen) atoms. The molecule has 0 spiro atoms. The first-order valence-electron chi connectivity index (χ1n) is 7.82. The number of pyridine rings is 1. The van der Waals surface area contributed by atoms with Crippen LogP contribution in [0.5, 0.6) is 11.5 Å². The minimum absolute atomic E-state index is 0.0123. The maximum absolute atomic E-state index is 12.7. The molecular formula is C16H10F3IN8O2. The summed E-state index contributed by atoms with van der Waals surface area (Å²) in [6.45, 7) is 0. The third-order valence-corrected chi connectivity index (χ3v) is 4.77. The molecule has 1 aliphatic heterocycles. The number of anilines is 3. The van der Waals surface area contributed by atoms with Crippen LogP contribution in [0.1, 0.15) is 22.7 Å². The lowest BCUT2D eigenvalue weighted by Crippen LogP contribution is -2.32. The minimum Gasteiger partial charge on any atom is -0.506 e. The Hall–Kier alpha value is -3.66. The number of aliphatic imine (C=N–C) groups is 1. The zero-order chi connectivity index (χ0) is 22.2. The molecule has 0 amide bonds. The number of alkyl halides is 3. The predicted molar refractivity (Wildman–Crippen MR) is 107 cm³/mol.